The maximum atomic E-state index is 11.9. The number of benzene rings is 1. The fraction of sp³-hybridized carbons (Fsp3) is 0.250. The van der Waals surface area contributed by atoms with Crippen LogP contribution >= 0.6 is 0 Å². The van der Waals surface area contributed by atoms with Gasteiger partial charge < -0.3 is 15.1 Å². The molecule has 0 aliphatic heterocycles. The van der Waals surface area contributed by atoms with Crippen molar-refractivity contribution in [2.75, 3.05) is 12.8 Å². The van der Waals surface area contributed by atoms with Gasteiger partial charge in [-0.3, -0.25) is 9.59 Å². The molecule has 1 atom stereocenters. The third kappa shape index (κ3) is 4.69. The molecular weight excluding hydrogens is 332 g/mol. The van der Waals surface area contributed by atoms with E-state index in [1.165, 1.54) is 24.5 Å². The summed E-state index contributed by atoms with van der Waals surface area (Å²) in [7, 11) is -3.25. The van der Waals surface area contributed by atoms with Crippen molar-refractivity contribution in [1.82, 2.24) is 10.6 Å². The second-order valence-corrected chi connectivity index (χ2v) is 7.31. The lowest BCUT2D eigenvalue weighted by molar-refractivity contribution is -0.120. The highest BCUT2D eigenvalue weighted by atomic mass is 32.2. The van der Waals surface area contributed by atoms with E-state index < -0.39 is 15.7 Å². The normalized spacial score (nSPS) is 12.4. The van der Waals surface area contributed by atoms with E-state index in [-0.39, 0.29) is 29.1 Å². The van der Waals surface area contributed by atoms with Crippen molar-refractivity contribution < 1.29 is 22.4 Å². The van der Waals surface area contributed by atoms with E-state index in [1.807, 2.05) is 0 Å². The van der Waals surface area contributed by atoms with E-state index in [2.05, 4.69) is 10.6 Å². The summed E-state index contributed by atoms with van der Waals surface area (Å²) in [4.78, 5) is 23.7. The lowest BCUT2D eigenvalue weighted by atomic mass is 10.1. The Labute approximate surface area is 140 Å². The molecule has 128 valence electrons. The van der Waals surface area contributed by atoms with Crippen molar-refractivity contribution in [3.63, 3.8) is 0 Å². The zero-order valence-corrected chi connectivity index (χ0v) is 14.1. The van der Waals surface area contributed by atoms with Gasteiger partial charge in [0.15, 0.2) is 15.6 Å². The van der Waals surface area contributed by atoms with Gasteiger partial charge in [0.2, 0.25) is 5.91 Å². The van der Waals surface area contributed by atoms with Gasteiger partial charge in [0.25, 0.3) is 5.91 Å². The van der Waals surface area contributed by atoms with Crippen LogP contribution in [0, 0.1) is 0 Å². The molecule has 0 radical (unpaired) electrons. The van der Waals surface area contributed by atoms with Crippen LogP contribution in [-0.4, -0.2) is 33.0 Å². The summed E-state index contributed by atoms with van der Waals surface area (Å²) < 4.78 is 27.8. The lowest BCUT2D eigenvalue weighted by Crippen LogP contribution is -2.37. The Morgan fingerprint density at radius 1 is 1.17 bits per heavy atom. The number of rotatable bonds is 6. The first-order valence-corrected chi connectivity index (χ1v) is 9.07. The van der Waals surface area contributed by atoms with Crippen LogP contribution in [0.5, 0.6) is 0 Å². The summed E-state index contributed by atoms with van der Waals surface area (Å²) in [5.41, 5.74) is 0.758. The summed E-state index contributed by atoms with van der Waals surface area (Å²) in [5, 5.41) is 5.17. The number of furan rings is 1. The molecule has 1 heterocycles. The van der Waals surface area contributed by atoms with Crippen molar-refractivity contribution in [1.29, 1.82) is 0 Å². The lowest BCUT2D eigenvalue weighted by Gasteiger charge is -2.15. The maximum absolute atomic E-state index is 11.9. The molecule has 1 unspecified atom stereocenters. The first kappa shape index (κ1) is 17.7. The van der Waals surface area contributed by atoms with Crippen molar-refractivity contribution in [2.45, 2.75) is 17.9 Å². The summed E-state index contributed by atoms with van der Waals surface area (Å²) in [6.45, 7) is 1.58. The number of carbonyl (C=O) groups excluding carboxylic acids is 2. The van der Waals surface area contributed by atoms with E-state index >= 15 is 0 Å². The second kappa shape index (κ2) is 7.31. The van der Waals surface area contributed by atoms with Gasteiger partial charge >= 0.3 is 0 Å². The molecule has 2 amide bonds. The fourth-order valence-corrected chi connectivity index (χ4v) is 2.67. The molecule has 0 aliphatic rings. The molecule has 7 nitrogen and oxygen atoms in total. The molecule has 1 aromatic carbocycles. The fourth-order valence-electron chi connectivity index (χ4n) is 2.03. The van der Waals surface area contributed by atoms with E-state index in [1.54, 1.807) is 25.1 Å². The SMILES string of the molecule is CC(NC(=O)CNC(=O)c1ccco1)c1ccc(S(C)(=O)=O)cc1. The van der Waals surface area contributed by atoms with E-state index in [9.17, 15) is 18.0 Å². The highest BCUT2D eigenvalue weighted by Crippen LogP contribution is 2.16. The van der Waals surface area contributed by atoms with Gasteiger partial charge in [-0.15, -0.1) is 0 Å². The average molecular weight is 350 g/mol. The van der Waals surface area contributed by atoms with Crippen molar-refractivity contribution in [2.24, 2.45) is 0 Å². The molecule has 2 rings (SSSR count). The van der Waals surface area contributed by atoms with Gasteiger partial charge in [0, 0.05) is 6.26 Å². The minimum absolute atomic E-state index is 0.132. The third-order valence-corrected chi connectivity index (χ3v) is 4.47. The Kier molecular flexibility index (Phi) is 5.40. The molecule has 0 saturated heterocycles. The minimum Gasteiger partial charge on any atom is -0.459 e. The van der Waals surface area contributed by atoms with Crippen LogP contribution in [0.4, 0.5) is 0 Å². The standard InChI is InChI=1S/C16H18N2O5S/c1-11(12-5-7-13(8-6-12)24(2,21)22)18-15(19)10-17-16(20)14-4-3-9-23-14/h3-9,11H,10H2,1-2H3,(H,17,20)(H,18,19). The van der Waals surface area contributed by atoms with Gasteiger partial charge in [-0.25, -0.2) is 8.42 Å². The first-order valence-electron chi connectivity index (χ1n) is 7.18. The Morgan fingerprint density at radius 2 is 1.83 bits per heavy atom. The first-order chi connectivity index (χ1) is 11.3. The summed E-state index contributed by atoms with van der Waals surface area (Å²) in [6, 6.07) is 9.02. The number of hydrogen-bond donors (Lipinski definition) is 2. The molecule has 2 aromatic rings. The van der Waals surface area contributed by atoms with Gasteiger partial charge in [-0.1, -0.05) is 12.1 Å². The molecule has 8 heteroatoms. The molecule has 24 heavy (non-hydrogen) atoms. The molecular formula is C16H18N2O5S. The highest BCUT2D eigenvalue weighted by molar-refractivity contribution is 7.90. The van der Waals surface area contributed by atoms with Crippen LogP contribution in [0.2, 0.25) is 0 Å². The zero-order valence-electron chi connectivity index (χ0n) is 13.3. The van der Waals surface area contributed by atoms with Crippen LogP contribution in [0.3, 0.4) is 0 Å². The molecule has 0 spiro atoms. The molecule has 2 N–H and O–H groups in total. The average Bonchev–Trinajstić information content (AvgIpc) is 3.06. The van der Waals surface area contributed by atoms with Gasteiger partial charge in [0.1, 0.15) is 0 Å². The van der Waals surface area contributed by atoms with Crippen LogP contribution in [0.15, 0.2) is 52.0 Å². The van der Waals surface area contributed by atoms with Gasteiger partial charge in [0.05, 0.1) is 23.7 Å². The van der Waals surface area contributed by atoms with Gasteiger partial charge in [-0.05, 0) is 36.8 Å². The van der Waals surface area contributed by atoms with E-state index in [4.69, 9.17) is 4.42 Å². The Bertz CT molecular complexity index is 811. The molecule has 0 aliphatic carbocycles. The number of hydrogen-bond acceptors (Lipinski definition) is 5. The summed E-state index contributed by atoms with van der Waals surface area (Å²) in [5.74, 6) is -0.706. The summed E-state index contributed by atoms with van der Waals surface area (Å²) in [6.07, 6.45) is 2.51. The topological polar surface area (TPSA) is 105 Å². The Morgan fingerprint density at radius 3 is 2.38 bits per heavy atom. The number of amides is 2. The predicted octanol–water partition coefficient (Wildman–Crippen LogP) is 1.29. The Hall–Kier alpha value is -2.61. The minimum atomic E-state index is -3.25. The van der Waals surface area contributed by atoms with Crippen LogP contribution < -0.4 is 10.6 Å². The largest absolute Gasteiger partial charge is 0.459 e. The van der Waals surface area contributed by atoms with Crippen LogP contribution in [-0.2, 0) is 14.6 Å². The van der Waals surface area contributed by atoms with Gasteiger partial charge in [-0.2, -0.15) is 0 Å². The predicted molar refractivity (Wildman–Crippen MR) is 87.2 cm³/mol. The number of sulfone groups is 1. The molecule has 0 bridgehead atoms. The third-order valence-electron chi connectivity index (χ3n) is 3.34. The van der Waals surface area contributed by atoms with E-state index in [0.29, 0.717) is 0 Å². The number of carbonyl (C=O) groups is 2. The van der Waals surface area contributed by atoms with Crippen LogP contribution in [0.1, 0.15) is 29.1 Å². The van der Waals surface area contributed by atoms with E-state index in [0.717, 1.165) is 11.8 Å². The van der Waals surface area contributed by atoms with Crippen molar-refractivity contribution >= 4 is 21.7 Å². The summed E-state index contributed by atoms with van der Waals surface area (Å²) >= 11 is 0. The Balaban J connectivity index is 1.88. The monoisotopic (exact) mass is 350 g/mol. The maximum Gasteiger partial charge on any atom is 0.287 e. The quantitative estimate of drug-likeness (QED) is 0.817. The number of nitrogens with one attached hydrogen (secondary N) is 2. The zero-order chi connectivity index (χ0) is 17.7. The molecule has 0 fully saturated rings. The van der Waals surface area contributed by atoms with Crippen molar-refractivity contribution in [3.05, 3.63) is 54.0 Å². The molecule has 1 aromatic heterocycles. The smallest absolute Gasteiger partial charge is 0.287 e. The van der Waals surface area contributed by atoms with Crippen LogP contribution in [0.25, 0.3) is 0 Å². The highest BCUT2D eigenvalue weighted by Gasteiger charge is 2.14. The molecule has 0 saturated carbocycles. The van der Waals surface area contributed by atoms with Crippen molar-refractivity contribution in [3.8, 4) is 0 Å². The second-order valence-electron chi connectivity index (χ2n) is 5.29.